The smallest absolute Gasteiger partial charge is 0.230 e. The monoisotopic (exact) mass is 414 g/mol. The minimum atomic E-state index is 0.502. The van der Waals surface area contributed by atoms with Crippen molar-refractivity contribution in [2.75, 3.05) is 5.32 Å². The Kier molecular flexibility index (Phi) is 6.05. The van der Waals surface area contributed by atoms with Crippen LogP contribution in [0.2, 0.25) is 5.02 Å². The number of nitrogens with one attached hydrogen (secondary N) is 1. The van der Waals surface area contributed by atoms with Gasteiger partial charge in [0.15, 0.2) is 0 Å². The zero-order valence-electron chi connectivity index (χ0n) is 17.1. The van der Waals surface area contributed by atoms with Crippen LogP contribution in [0, 0.1) is 13.8 Å². The lowest BCUT2D eigenvalue weighted by atomic mass is 10.1. The van der Waals surface area contributed by atoms with E-state index < -0.39 is 0 Å². The van der Waals surface area contributed by atoms with Crippen LogP contribution in [0.5, 0.6) is 0 Å². The Morgan fingerprint density at radius 1 is 0.667 bits per heavy atom. The highest BCUT2D eigenvalue weighted by Crippen LogP contribution is 2.23. The first-order valence-electron chi connectivity index (χ1n) is 9.91. The molecule has 0 amide bonds. The molecule has 4 rings (SSSR count). The molecule has 30 heavy (non-hydrogen) atoms. The molecule has 0 radical (unpaired) electrons. The van der Waals surface area contributed by atoms with Crippen molar-refractivity contribution < 1.29 is 0 Å². The standard InChI is InChI=1S/C25H23ClN4/c1-17-7-11-19(12-8-17)15-23-28-24(16-20-13-9-18(2)10-14-20)30-25(29-23)27-22-6-4-3-5-21(22)26/h3-14H,15-16H2,1-2H3,(H,27,28,29,30). The van der Waals surface area contributed by atoms with E-state index >= 15 is 0 Å². The molecule has 1 heterocycles. The second-order valence-electron chi connectivity index (χ2n) is 7.42. The molecular formula is C25H23ClN4. The second-order valence-corrected chi connectivity index (χ2v) is 7.83. The fourth-order valence-corrected chi connectivity index (χ4v) is 3.33. The Balaban J connectivity index is 1.66. The van der Waals surface area contributed by atoms with Crippen LogP contribution in [-0.4, -0.2) is 15.0 Å². The number of benzene rings is 3. The predicted octanol–water partition coefficient (Wildman–Crippen LogP) is 6.07. The van der Waals surface area contributed by atoms with Crippen molar-refractivity contribution in [3.63, 3.8) is 0 Å². The molecule has 3 aromatic carbocycles. The van der Waals surface area contributed by atoms with Crippen LogP contribution in [0.3, 0.4) is 0 Å². The van der Waals surface area contributed by atoms with Crippen LogP contribution in [-0.2, 0) is 12.8 Å². The third-order valence-electron chi connectivity index (χ3n) is 4.81. The summed E-state index contributed by atoms with van der Waals surface area (Å²) in [5, 5.41) is 3.87. The first-order valence-corrected chi connectivity index (χ1v) is 10.3. The Hall–Kier alpha value is -3.24. The summed E-state index contributed by atoms with van der Waals surface area (Å²) in [5.74, 6) is 1.96. The summed E-state index contributed by atoms with van der Waals surface area (Å²) in [6, 6.07) is 24.4. The second kappa shape index (κ2) is 9.06. The SMILES string of the molecule is Cc1ccc(Cc2nc(Cc3ccc(C)cc3)nc(Nc3ccccc3Cl)n2)cc1. The topological polar surface area (TPSA) is 50.7 Å². The van der Waals surface area contributed by atoms with Crippen LogP contribution in [0.4, 0.5) is 11.6 Å². The molecule has 0 aliphatic rings. The molecule has 0 aliphatic heterocycles. The molecule has 1 aromatic heterocycles. The number of aryl methyl sites for hydroxylation is 2. The van der Waals surface area contributed by atoms with E-state index in [1.807, 2.05) is 24.3 Å². The Labute approximate surface area is 182 Å². The summed E-state index contributed by atoms with van der Waals surface area (Å²) in [6.07, 6.45) is 1.28. The molecule has 5 heteroatoms. The Bertz CT molecular complexity index is 1070. The summed E-state index contributed by atoms with van der Waals surface area (Å²) >= 11 is 6.31. The maximum atomic E-state index is 6.31. The summed E-state index contributed by atoms with van der Waals surface area (Å²) in [6.45, 7) is 4.16. The van der Waals surface area contributed by atoms with Gasteiger partial charge in [-0.1, -0.05) is 83.4 Å². The molecule has 0 unspecified atom stereocenters. The first kappa shape index (κ1) is 20.0. The fraction of sp³-hybridized carbons (Fsp3) is 0.160. The minimum absolute atomic E-state index is 0.502. The number of nitrogens with zero attached hydrogens (tertiary/aromatic N) is 3. The van der Waals surface area contributed by atoms with Gasteiger partial charge in [0.05, 0.1) is 10.7 Å². The number of aromatic nitrogens is 3. The van der Waals surface area contributed by atoms with E-state index in [4.69, 9.17) is 16.6 Å². The summed E-state index contributed by atoms with van der Waals surface area (Å²) in [7, 11) is 0. The van der Waals surface area contributed by atoms with Gasteiger partial charge >= 0.3 is 0 Å². The largest absolute Gasteiger partial charge is 0.323 e. The van der Waals surface area contributed by atoms with E-state index in [-0.39, 0.29) is 0 Å². The highest BCUT2D eigenvalue weighted by molar-refractivity contribution is 6.33. The minimum Gasteiger partial charge on any atom is -0.323 e. The molecule has 0 spiro atoms. The molecule has 1 N–H and O–H groups in total. The lowest BCUT2D eigenvalue weighted by Gasteiger charge is -2.11. The van der Waals surface area contributed by atoms with Gasteiger partial charge in [0, 0.05) is 12.8 Å². The molecule has 0 bridgehead atoms. The number of hydrogen-bond donors (Lipinski definition) is 1. The summed E-state index contributed by atoms with van der Waals surface area (Å²) < 4.78 is 0. The van der Waals surface area contributed by atoms with Crippen LogP contribution < -0.4 is 5.32 Å². The zero-order chi connectivity index (χ0) is 20.9. The molecular weight excluding hydrogens is 392 g/mol. The molecule has 0 atom stereocenters. The van der Waals surface area contributed by atoms with Crippen molar-refractivity contribution in [2.24, 2.45) is 0 Å². The molecule has 0 aliphatic carbocycles. The van der Waals surface area contributed by atoms with Crippen LogP contribution >= 0.6 is 11.6 Å². The lowest BCUT2D eigenvalue weighted by molar-refractivity contribution is 0.856. The summed E-state index contributed by atoms with van der Waals surface area (Å²) in [5.41, 5.74) is 5.56. The van der Waals surface area contributed by atoms with Gasteiger partial charge in [0.25, 0.3) is 0 Å². The maximum Gasteiger partial charge on any atom is 0.230 e. The van der Waals surface area contributed by atoms with Gasteiger partial charge < -0.3 is 5.32 Å². The van der Waals surface area contributed by atoms with Gasteiger partial charge in [0.2, 0.25) is 5.95 Å². The van der Waals surface area contributed by atoms with Crippen molar-refractivity contribution in [1.29, 1.82) is 0 Å². The highest BCUT2D eigenvalue weighted by Gasteiger charge is 2.10. The van der Waals surface area contributed by atoms with Gasteiger partial charge in [-0.3, -0.25) is 0 Å². The Morgan fingerprint density at radius 2 is 1.17 bits per heavy atom. The highest BCUT2D eigenvalue weighted by atomic mass is 35.5. The third-order valence-corrected chi connectivity index (χ3v) is 5.14. The predicted molar refractivity (Wildman–Crippen MR) is 123 cm³/mol. The molecule has 0 saturated heterocycles. The summed E-state index contributed by atoms with van der Waals surface area (Å²) in [4.78, 5) is 14.0. The maximum absolute atomic E-state index is 6.31. The van der Waals surface area contributed by atoms with Crippen molar-refractivity contribution in [1.82, 2.24) is 15.0 Å². The van der Waals surface area contributed by atoms with Gasteiger partial charge in [-0.2, -0.15) is 9.97 Å². The number of para-hydroxylation sites is 1. The van der Waals surface area contributed by atoms with Crippen LogP contribution in [0.1, 0.15) is 33.9 Å². The Morgan fingerprint density at radius 3 is 1.67 bits per heavy atom. The van der Waals surface area contributed by atoms with E-state index in [1.165, 1.54) is 11.1 Å². The quantitative estimate of drug-likeness (QED) is 0.416. The van der Waals surface area contributed by atoms with E-state index in [2.05, 4.69) is 77.7 Å². The van der Waals surface area contributed by atoms with Crippen LogP contribution in [0.25, 0.3) is 0 Å². The van der Waals surface area contributed by atoms with Gasteiger partial charge in [0.1, 0.15) is 11.6 Å². The van der Waals surface area contributed by atoms with E-state index in [0.717, 1.165) is 28.5 Å². The first-order chi connectivity index (χ1) is 14.5. The van der Waals surface area contributed by atoms with E-state index in [1.54, 1.807) is 0 Å². The van der Waals surface area contributed by atoms with Crippen LogP contribution in [0.15, 0.2) is 72.8 Å². The van der Waals surface area contributed by atoms with Gasteiger partial charge in [-0.25, -0.2) is 4.98 Å². The molecule has 0 fully saturated rings. The molecule has 0 saturated carbocycles. The zero-order valence-corrected chi connectivity index (χ0v) is 17.8. The van der Waals surface area contributed by atoms with Gasteiger partial charge in [-0.15, -0.1) is 0 Å². The number of rotatable bonds is 6. The molecule has 4 aromatic rings. The molecule has 150 valence electrons. The number of hydrogen-bond acceptors (Lipinski definition) is 4. The van der Waals surface area contributed by atoms with Gasteiger partial charge in [-0.05, 0) is 37.1 Å². The van der Waals surface area contributed by atoms with Crippen molar-refractivity contribution in [3.05, 3.63) is 112 Å². The normalized spacial score (nSPS) is 10.8. The lowest BCUT2D eigenvalue weighted by Crippen LogP contribution is -2.09. The van der Waals surface area contributed by atoms with E-state index in [0.29, 0.717) is 23.8 Å². The van der Waals surface area contributed by atoms with Crippen molar-refractivity contribution in [2.45, 2.75) is 26.7 Å². The van der Waals surface area contributed by atoms with E-state index in [9.17, 15) is 0 Å². The third kappa shape index (κ3) is 5.22. The van der Waals surface area contributed by atoms with Crippen molar-refractivity contribution in [3.8, 4) is 0 Å². The fourth-order valence-electron chi connectivity index (χ4n) is 3.14. The number of anilines is 2. The average molecular weight is 415 g/mol. The number of halogens is 1. The average Bonchev–Trinajstić information content (AvgIpc) is 2.73. The van der Waals surface area contributed by atoms with Crippen molar-refractivity contribution >= 4 is 23.2 Å². The molecule has 4 nitrogen and oxygen atoms in total.